The third-order valence-corrected chi connectivity index (χ3v) is 3.20. The van der Waals surface area contributed by atoms with Crippen LogP contribution in [0.4, 0.5) is 15.8 Å². The highest BCUT2D eigenvalue weighted by Gasteiger charge is 2.21. The maximum absolute atomic E-state index is 13.4. The molecule has 0 unspecified atom stereocenters. The second kappa shape index (κ2) is 6.31. The van der Waals surface area contributed by atoms with Crippen LogP contribution < -0.4 is 16.4 Å². The van der Waals surface area contributed by atoms with E-state index in [2.05, 4.69) is 10.6 Å². The first-order valence-electron chi connectivity index (χ1n) is 6.39. The van der Waals surface area contributed by atoms with Crippen molar-refractivity contribution in [2.45, 2.75) is 6.42 Å². The molecular formula is C13H15FN4O3. The molecule has 112 valence electrons. The van der Waals surface area contributed by atoms with Crippen molar-refractivity contribution in [1.29, 1.82) is 0 Å². The number of hydrogen-bond acceptors (Lipinski definition) is 5. The SMILES string of the molecule is Nc1c(C(=O)NCC2=CCNCC2)cc(F)cc1[N+](=O)[O-]. The number of nitrogens with one attached hydrogen (secondary N) is 2. The number of anilines is 1. The highest BCUT2D eigenvalue weighted by molar-refractivity contribution is 6.01. The Bertz CT molecular complexity index is 616. The summed E-state index contributed by atoms with van der Waals surface area (Å²) < 4.78 is 13.4. The normalized spacial score (nSPS) is 14.4. The largest absolute Gasteiger partial charge is 0.393 e. The number of nitrogens with zero attached hydrogens (tertiary/aromatic N) is 1. The van der Waals surface area contributed by atoms with E-state index in [1.165, 1.54) is 0 Å². The number of nitro benzene ring substituents is 1. The molecule has 0 aliphatic carbocycles. The summed E-state index contributed by atoms with van der Waals surface area (Å²) in [5, 5.41) is 16.5. The minimum absolute atomic E-state index is 0.226. The quantitative estimate of drug-likeness (QED) is 0.331. The first kappa shape index (κ1) is 14.9. The van der Waals surface area contributed by atoms with Crippen LogP contribution in [0, 0.1) is 15.9 Å². The fourth-order valence-corrected chi connectivity index (χ4v) is 2.06. The van der Waals surface area contributed by atoms with Crippen LogP contribution in [0.1, 0.15) is 16.8 Å². The fraction of sp³-hybridized carbons (Fsp3) is 0.308. The summed E-state index contributed by atoms with van der Waals surface area (Å²) in [5.74, 6) is -1.50. The van der Waals surface area contributed by atoms with Gasteiger partial charge in [0, 0.05) is 13.1 Å². The predicted octanol–water partition coefficient (Wildman–Crippen LogP) is 0.966. The molecule has 0 saturated carbocycles. The monoisotopic (exact) mass is 294 g/mol. The molecule has 2 rings (SSSR count). The number of amides is 1. The first-order chi connectivity index (χ1) is 9.99. The molecule has 0 radical (unpaired) electrons. The third-order valence-electron chi connectivity index (χ3n) is 3.20. The van der Waals surface area contributed by atoms with E-state index in [0.29, 0.717) is 12.6 Å². The maximum atomic E-state index is 13.4. The highest BCUT2D eigenvalue weighted by atomic mass is 19.1. The van der Waals surface area contributed by atoms with Crippen LogP contribution in [0.3, 0.4) is 0 Å². The molecule has 0 bridgehead atoms. The zero-order chi connectivity index (χ0) is 15.4. The second-order valence-corrected chi connectivity index (χ2v) is 4.64. The van der Waals surface area contributed by atoms with Gasteiger partial charge in [-0.25, -0.2) is 4.39 Å². The molecule has 1 aromatic rings. The lowest BCUT2D eigenvalue weighted by Gasteiger charge is -2.15. The minimum Gasteiger partial charge on any atom is -0.393 e. The molecule has 4 N–H and O–H groups in total. The minimum atomic E-state index is -0.873. The zero-order valence-corrected chi connectivity index (χ0v) is 11.2. The molecule has 1 aromatic carbocycles. The van der Waals surface area contributed by atoms with E-state index >= 15 is 0 Å². The van der Waals surface area contributed by atoms with E-state index in [-0.39, 0.29) is 11.3 Å². The number of carbonyl (C=O) groups is 1. The summed E-state index contributed by atoms with van der Waals surface area (Å²) in [6, 6.07) is 1.59. The van der Waals surface area contributed by atoms with Crippen LogP contribution >= 0.6 is 0 Å². The number of nitrogens with two attached hydrogens (primary N) is 1. The zero-order valence-electron chi connectivity index (χ0n) is 11.2. The van der Waals surface area contributed by atoms with Gasteiger partial charge in [-0.15, -0.1) is 0 Å². The Morgan fingerprint density at radius 3 is 2.90 bits per heavy atom. The first-order valence-corrected chi connectivity index (χ1v) is 6.39. The summed E-state index contributed by atoms with van der Waals surface area (Å²) >= 11 is 0. The average Bonchev–Trinajstić information content (AvgIpc) is 2.47. The third kappa shape index (κ3) is 3.54. The van der Waals surface area contributed by atoms with Gasteiger partial charge < -0.3 is 16.4 Å². The van der Waals surface area contributed by atoms with Gasteiger partial charge in [0.15, 0.2) is 0 Å². The number of carbonyl (C=O) groups excluding carboxylic acids is 1. The van der Waals surface area contributed by atoms with E-state index in [4.69, 9.17) is 5.73 Å². The molecular weight excluding hydrogens is 279 g/mol. The lowest BCUT2D eigenvalue weighted by Crippen LogP contribution is -2.30. The van der Waals surface area contributed by atoms with Crippen LogP contribution in [-0.4, -0.2) is 30.5 Å². The maximum Gasteiger partial charge on any atom is 0.295 e. The lowest BCUT2D eigenvalue weighted by atomic mass is 10.1. The van der Waals surface area contributed by atoms with E-state index in [1.54, 1.807) is 0 Å². The number of rotatable bonds is 4. The van der Waals surface area contributed by atoms with Gasteiger partial charge in [-0.2, -0.15) is 0 Å². The van der Waals surface area contributed by atoms with Crippen LogP contribution in [0.5, 0.6) is 0 Å². The molecule has 1 aliphatic rings. The molecule has 7 nitrogen and oxygen atoms in total. The molecule has 0 atom stereocenters. The van der Waals surface area contributed by atoms with E-state index in [0.717, 1.165) is 31.1 Å². The van der Waals surface area contributed by atoms with Gasteiger partial charge in [0.2, 0.25) is 0 Å². The van der Waals surface area contributed by atoms with Crippen molar-refractivity contribution in [3.8, 4) is 0 Å². The van der Waals surface area contributed by atoms with E-state index < -0.39 is 22.3 Å². The Labute approximate surface area is 120 Å². The molecule has 1 amide bonds. The molecule has 0 fully saturated rings. The summed E-state index contributed by atoms with van der Waals surface area (Å²) in [6.07, 6.45) is 2.76. The Balaban J connectivity index is 2.15. The van der Waals surface area contributed by atoms with Gasteiger partial charge in [0.1, 0.15) is 11.5 Å². The molecule has 0 spiro atoms. The van der Waals surface area contributed by atoms with Gasteiger partial charge in [-0.3, -0.25) is 14.9 Å². The van der Waals surface area contributed by atoms with E-state index in [1.807, 2.05) is 6.08 Å². The Morgan fingerprint density at radius 2 is 2.29 bits per heavy atom. The van der Waals surface area contributed by atoms with Crippen molar-refractivity contribution in [2.75, 3.05) is 25.4 Å². The summed E-state index contributed by atoms with van der Waals surface area (Å²) in [6.45, 7) is 1.87. The lowest BCUT2D eigenvalue weighted by molar-refractivity contribution is -0.384. The topological polar surface area (TPSA) is 110 Å². The van der Waals surface area contributed by atoms with Gasteiger partial charge in [-0.05, 0) is 19.0 Å². The number of hydrogen-bond donors (Lipinski definition) is 3. The molecule has 21 heavy (non-hydrogen) atoms. The van der Waals surface area contributed by atoms with Gasteiger partial charge in [0.25, 0.3) is 11.6 Å². The van der Waals surface area contributed by atoms with E-state index in [9.17, 15) is 19.3 Å². The molecule has 1 heterocycles. The number of halogens is 1. The van der Waals surface area contributed by atoms with Crippen molar-refractivity contribution in [3.05, 3.63) is 45.3 Å². The highest BCUT2D eigenvalue weighted by Crippen LogP contribution is 2.26. The molecule has 1 aliphatic heterocycles. The number of benzene rings is 1. The Hall–Kier alpha value is -2.48. The molecule has 0 aromatic heterocycles. The number of nitrogen functional groups attached to an aromatic ring is 1. The van der Waals surface area contributed by atoms with Crippen molar-refractivity contribution >= 4 is 17.3 Å². The average molecular weight is 294 g/mol. The fourth-order valence-electron chi connectivity index (χ4n) is 2.06. The summed E-state index contributed by atoms with van der Waals surface area (Å²) in [4.78, 5) is 22.0. The van der Waals surface area contributed by atoms with Crippen molar-refractivity contribution in [3.63, 3.8) is 0 Å². The Kier molecular flexibility index (Phi) is 4.49. The second-order valence-electron chi connectivity index (χ2n) is 4.64. The van der Waals surface area contributed by atoms with Gasteiger partial charge >= 0.3 is 0 Å². The summed E-state index contributed by atoms with van der Waals surface area (Å²) in [5.41, 5.74) is 5.45. The standard InChI is InChI=1S/C13H15FN4O3/c14-9-5-10(12(15)11(6-9)18(20)21)13(19)17-7-8-1-3-16-4-2-8/h1,5-6,16H,2-4,7,15H2,(H,17,19). The molecule has 8 heteroatoms. The van der Waals surface area contributed by atoms with Gasteiger partial charge in [-0.1, -0.05) is 11.6 Å². The smallest absolute Gasteiger partial charge is 0.295 e. The van der Waals surface area contributed by atoms with Crippen LogP contribution in [0.2, 0.25) is 0 Å². The summed E-state index contributed by atoms with van der Waals surface area (Å²) in [7, 11) is 0. The van der Waals surface area contributed by atoms with Crippen LogP contribution in [0.25, 0.3) is 0 Å². The van der Waals surface area contributed by atoms with Crippen LogP contribution in [0.15, 0.2) is 23.8 Å². The van der Waals surface area contributed by atoms with Crippen LogP contribution in [-0.2, 0) is 0 Å². The van der Waals surface area contributed by atoms with Gasteiger partial charge in [0.05, 0.1) is 16.6 Å². The Morgan fingerprint density at radius 1 is 1.52 bits per heavy atom. The van der Waals surface area contributed by atoms with Crippen molar-refractivity contribution in [1.82, 2.24) is 10.6 Å². The predicted molar refractivity (Wildman–Crippen MR) is 75.4 cm³/mol. The van der Waals surface area contributed by atoms with Crippen molar-refractivity contribution in [2.24, 2.45) is 0 Å². The number of nitro groups is 1. The molecule has 0 saturated heterocycles. The van der Waals surface area contributed by atoms with Crippen molar-refractivity contribution < 1.29 is 14.1 Å².